The Morgan fingerprint density at radius 3 is 2.27 bits per heavy atom. The van der Waals surface area contributed by atoms with Gasteiger partial charge in [-0.25, -0.2) is 10.2 Å². The van der Waals surface area contributed by atoms with Crippen molar-refractivity contribution in [2.24, 2.45) is 17.3 Å². The van der Waals surface area contributed by atoms with Gasteiger partial charge in [0.2, 0.25) is 17.6 Å². The van der Waals surface area contributed by atoms with Crippen molar-refractivity contribution in [2.75, 3.05) is 13.2 Å². The molecule has 4 atom stereocenters. The monoisotopic (exact) mass is 469 g/mol. The SMILES string of the molecule is CCC(C)C(NC(=O)OCC(C)(C)C)C(=O)NC(CC(C)C)C(=O)NC1CNNC(=O)C1=O. The number of rotatable bonds is 10. The number of hydrogen-bond donors (Lipinski definition) is 5. The molecule has 33 heavy (non-hydrogen) atoms. The fourth-order valence-corrected chi connectivity index (χ4v) is 3.05. The van der Waals surface area contributed by atoms with Crippen molar-refractivity contribution in [3.63, 3.8) is 0 Å². The van der Waals surface area contributed by atoms with Gasteiger partial charge in [-0.15, -0.1) is 0 Å². The van der Waals surface area contributed by atoms with Gasteiger partial charge in [0.05, 0.1) is 6.61 Å². The summed E-state index contributed by atoms with van der Waals surface area (Å²) in [5.41, 5.74) is 4.50. The first-order valence-electron chi connectivity index (χ1n) is 11.4. The van der Waals surface area contributed by atoms with E-state index in [1.54, 1.807) is 0 Å². The van der Waals surface area contributed by atoms with E-state index < -0.39 is 47.7 Å². The van der Waals surface area contributed by atoms with Gasteiger partial charge in [-0.05, 0) is 23.7 Å². The van der Waals surface area contributed by atoms with Crippen molar-refractivity contribution in [3.8, 4) is 0 Å². The van der Waals surface area contributed by atoms with E-state index in [4.69, 9.17) is 4.74 Å². The fourth-order valence-electron chi connectivity index (χ4n) is 3.05. The maximum Gasteiger partial charge on any atom is 0.407 e. The van der Waals surface area contributed by atoms with E-state index in [9.17, 15) is 24.0 Å². The topological polar surface area (TPSA) is 155 Å². The molecule has 4 unspecified atom stereocenters. The molecule has 1 heterocycles. The van der Waals surface area contributed by atoms with Crippen LogP contribution in [-0.4, -0.2) is 60.9 Å². The second kappa shape index (κ2) is 12.5. The summed E-state index contributed by atoms with van der Waals surface area (Å²) in [5.74, 6) is -2.88. The molecule has 188 valence electrons. The summed E-state index contributed by atoms with van der Waals surface area (Å²) < 4.78 is 5.23. The van der Waals surface area contributed by atoms with E-state index in [-0.39, 0.29) is 30.4 Å². The summed E-state index contributed by atoms with van der Waals surface area (Å²) in [5, 5.41) is 7.84. The molecule has 1 aliphatic rings. The van der Waals surface area contributed by atoms with Crippen LogP contribution in [0, 0.1) is 17.3 Å². The normalized spacial score (nSPS) is 19.2. The third-order valence-corrected chi connectivity index (χ3v) is 5.11. The zero-order valence-electron chi connectivity index (χ0n) is 20.7. The van der Waals surface area contributed by atoms with Crippen molar-refractivity contribution in [3.05, 3.63) is 0 Å². The summed E-state index contributed by atoms with van der Waals surface area (Å²) in [7, 11) is 0. The first-order valence-corrected chi connectivity index (χ1v) is 11.4. The lowest BCUT2D eigenvalue weighted by molar-refractivity contribution is -0.143. The molecule has 0 bridgehead atoms. The number of carbonyl (C=O) groups excluding carboxylic acids is 5. The summed E-state index contributed by atoms with van der Waals surface area (Å²) in [6.07, 6.45) is 0.204. The minimum Gasteiger partial charge on any atom is -0.449 e. The summed E-state index contributed by atoms with van der Waals surface area (Å²) in [6, 6.07) is -2.89. The van der Waals surface area contributed by atoms with Crippen molar-refractivity contribution in [1.82, 2.24) is 26.8 Å². The van der Waals surface area contributed by atoms with Crippen LogP contribution >= 0.6 is 0 Å². The quantitative estimate of drug-likeness (QED) is 0.290. The highest BCUT2D eigenvalue weighted by Crippen LogP contribution is 2.14. The predicted molar refractivity (Wildman–Crippen MR) is 122 cm³/mol. The molecule has 0 radical (unpaired) electrons. The number of ketones is 1. The van der Waals surface area contributed by atoms with Crippen LogP contribution in [0.15, 0.2) is 0 Å². The van der Waals surface area contributed by atoms with Gasteiger partial charge in [0, 0.05) is 6.54 Å². The largest absolute Gasteiger partial charge is 0.449 e. The number of carbonyl (C=O) groups is 5. The molecule has 11 nitrogen and oxygen atoms in total. The van der Waals surface area contributed by atoms with Crippen LogP contribution in [-0.2, 0) is 23.9 Å². The highest BCUT2D eigenvalue weighted by atomic mass is 16.5. The van der Waals surface area contributed by atoms with Gasteiger partial charge in [-0.1, -0.05) is 54.9 Å². The summed E-state index contributed by atoms with van der Waals surface area (Å²) >= 11 is 0. The maximum absolute atomic E-state index is 13.1. The second-order valence-electron chi connectivity index (χ2n) is 10.1. The van der Waals surface area contributed by atoms with Gasteiger partial charge in [-0.3, -0.25) is 24.6 Å². The minimum atomic E-state index is -1.03. The van der Waals surface area contributed by atoms with E-state index in [1.165, 1.54) is 0 Å². The predicted octanol–water partition coefficient (Wildman–Crippen LogP) is 0.393. The molecule has 0 aliphatic carbocycles. The fraction of sp³-hybridized carbons (Fsp3) is 0.773. The van der Waals surface area contributed by atoms with E-state index >= 15 is 0 Å². The smallest absolute Gasteiger partial charge is 0.407 e. The summed E-state index contributed by atoms with van der Waals surface area (Å²) in [6.45, 7) is 13.5. The van der Waals surface area contributed by atoms with Crippen LogP contribution < -0.4 is 26.8 Å². The Morgan fingerprint density at radius 2 is 1.73 bits per heavy atom. The molecule has 1 saturated heterocycles. The average Bonchev–Trinajstić information content (AvgIpc) is 2.71. The number of nitrogens with one attached hydrogen (secondary N) is 5. The standard InChI is InChI=1S/C22H39N5O6/c1-8-13(4)16(26-21(32)33-11-22(5,6)7)19(30)24-14(9-12(2)3)18(29)25-15-10-23-27-20(31)17(15)28/h12-16,23H,8-11H2,1-7H3,(H,24,30)(H,25,29)(H,26,32)(H,27,31). The number of hydrogen-bond acceptors (Lipinski definition) is 7. The lowest BCUT2D eigenvalue weighted by Gasteiger charge is -2.29. The lowest BCUT2D eigenvalue weighted by atomic mass is 9.96. The molecule has 0 saturated carbocycles. The molecular formula is C22H39N5O6. The highest BCUT2D eigenvalue weighted by molar-refractivity contribution is 6.39. The van der Waals surface area contributed by atoms with Crippen LogP contribution in [0.2, 0.25) is 0 Å². The average molecular weight is 470 g/mol. The molecule has 1 aliphatic heterocycles. The van der Waals surface area contributed by atoms with Gasteiger partial charge in [0.15, 0.2) is 0 Å². The third kappa shape index (κ3) is 9.77. The first-order chi connectivity index (χ1) is 15.2. The maximum atomic E-state index is 13.1. The van der Waals surface area contributed by atoms with E-state index in [0.717, 1.165) is 0 Å². The molecule has 0 spiro atoms. The minimum absolute atomic E-state index is 0.0370. The number of amides is 4. The summed E-state index contributed by atoms with van der Waals surface area (Å²) in [4.78, 5) is 61.8. The Balaban J connectivity index is 2.90. The van der Waals surface area contributed by atoms with E-state index in [2.05, 4.69) is 26.8 Å². The third-order valence-electron chi connectivity index (χ3n) is 5.11. The molecule has 5 N–H and O–H groups in total. The Labute approximate surface area is 195 Å². The van der Waals surface area contributed by atoms with Gasteiger partial charge >= 0.3 is 12.0 Å². The van der Waals surface area contributed by atoms with Crippen LogP contribution in [0.4, 0.5) is 4.79 Å². The Kier molecular flexibility index (Phi) is 10.8. The van der Waals surface area contributed by atoms with Gasteiger partial charge in [0.1, 0.15) is 18.1 Å². The number of alkyl carbamates (subject to hydrolysis) is 1. The zero-order chi connectivity index (χ0) is 25.3. The van der Waals surface area contributed by atoms with Gasteiger partial charge < -0.3 is 20.7 Å². The Morgan fingerprint density at radius 1 is 1.09 bits per heavy atom. The van der Waals surface area contributed by atoms with Crippen LogP contribution in [0.25, 0.3) is 0 Å². The van der Waals surface area contributed by atoms with Crippen molar-refractivity contribution in [2.45, 2.75) is 79.4 Å². The molecular weight excluding hydrogens is 430 g/mol. The van der Waals surface area contributed by atoms with Crippen LogP contribution in [0.1, 0.15) is 61.3 Å². The zero-order valence-corrected chi connectivity index (χ0v) is 20.7. The first kappa shape index (κ1) is 28.3. The second-order valence-corrected chi connectivity index (χ2v) is 10.1. The van der Waals surface area contributed by atoms with Gasteiger partial charge in [0.25, 0.3) is 0 Å². The van der Waals surface area contributed by atoms with Crippen molar-refractivity contribution >= 4 is 29.6 Å². The van der Waals surface area contributed by atoms with Crippen LogP contribution in [0.3, 0.4) is 0 Å². The molecule has 1 fully saturated rings. The number of hydrazine groups is 1. The molecule has 0 aromatic heterocycles. The molecule has 4 amide bonds. The molecule has 11 heteroatoms. The highest BCUT2D eigenvalue weighted by Gasteiger charge is 2.35. The molecule has 0 aromatic carbocycles. The Hall–Kier alpha value is -2.69. The van der Waals surface area contributed by atoms with Crippen molar-refractivity contribution in [1.29, 1.82) is 0 Å². The van der Waals surface area contributed by atoms with Crippen molar-refractivity contribution < 1.29 is 28.7 Å². The van der Waals surface area contributed by atoms with E-state index in [0.29, 0.717) is 12.8 Å². The lowest BCUT2D eigenvalue weighted by Crippen LogP contribution is -2.64. The van der Waals surface area contributed by atoms with Crippen LogP contribution in [0.5, 0.6) is 0 Å². The molecule has 0 aromatic rings. The molecule has 1 rings (SSSR count). The number of ether oxygens (including phenoxy) is 1. The van der Waals surface area contributed by atoms with Gasteiger partial charge in [-0.2, -0.15) is 0 Å². The number of Topliss-reactive ketones (excluding diaryl/α,β-unsaturated/α-hetero) is 1. The Bertz CT molecular complexity index is 733. The van der Waals surface area contributed by atoms with E-state index in [1.807, 2.05) is 48.5 Å².